The van der Waals surface area contributed by atoms with Crippen molar-refractivity contribution in [1.82, 2.24) is 19.7 Å². The molecule has 5 heteroatoms. The fourth-order valence-corrected chi connectivity index (χ4v) is 2.28. The Morgan fingerprint density at radius 1 is 1.26 bits per heavy atom. The molecule has 2 aromatic heterocycles. The van der Waals surface area contributed by atoms with Crippen molar-refractivity contribution in [2.24, 2.45) is 12.8 Å². The molecule has 2 rings (SSSR count). The first kappa shape index (κ1) is 13.8. The van der Waals surface area contributed by atoms with Gasteiger partial charge in [-0.25, -0.2) is 4.98 Å². The first-order valence-electron chi connectivity index (χ1n) is 6.95. The van der Waals surface area contributed by atoms with Crippen molar-refractivity contribution in [3.8, 4) is 11.3 Å². The molecule has 0 unspecified atom stereocenters. The molecule has 0 radical (unpaired) electrons. The van der Waals surface area contributed by atoms with Gasteiger partial charge in [0.2, 0.25) is 0 Å². The van der Waals surface area contributed by atoms with Crippen LogP contribution in [0, 0.1) is 6.92 Å². The number of nitrogens with zero attached hydrogens (tertiary/aromatic N) is 3. The van der Waals surface area contributed by atoms with Gasteiger partial charge in [0.25, 0.3) is 0 Å². The van der Waals surface area contributed by atoms with Crippen molar-refractivity contribution in [3.05, 3.63) is 23.9 Å². The molecule has 0 spiro atoms. The summed E-state index contributed by atoms with van der Waals surface area (Å²) in [5.41, 5.74) is 8.69. The summed E-state index contributed by atoms with van der Waals surface area (Å²) < 4.78 is 1.83. The zero-order valence-electron chi connectivity index (χ0n) is 11.8. The lowest BCUT2D eigenvalue weighted by atomic mass is 10.1. The van der Waals surface area contributed by atoms with E-state index < -0.39 is 0 Å². The van der Waals surface area contributed by atoms with E-state index >= 15 is 0 Å². The predicted molar refractivity (Wildman–Crippen MR) is 76.8 cm³/mol. The van der Waals surface area contributed by atoms with Crippen molar-refractivity contribution in [2.45, 2.75) is 39.0 Å². The molecule has 0 fully saturated rings. The quantitative estimate of drug-likeness (QED) is 0.750. The Bertz CT molecular complexity index is 512. The Labute approximate surface area is 114 Å². The Morgan fingerprint density at radius 2 is 2.05 bits per heavy atom. The minimum atomic E-state index is 0.797. The highest BCUT2D eigenvalue weighted by atomic mass is 15.2. The zero-order chi connectivity index (χ0) is 13.7. The number of unbranched alkanes of at least 4 members (excludes halogenated alkanes) is 3. The number of rotatable bonds is 7. The lowest BCUT2D eigenvalue weighted by Crippen LogP contribution is -1.98. The normalized spacial score (nSPS) is 11.1. The van der Waals surface area contributed by atoms with Gasteiger partial charge in [-0.2, -0.15) is 5.10 Å². The molecule has 0 saturated heterocycles. The van der Waals surface area contributed by atoms with E-state index in [1.54, 1.807) is 0 Å². The van der Waals surface area contributed by atoms with Crippen molar-refractivity contribution in [1.29, 1.82) is 0 Å². The van der Waals surface area contributed by atoms with Crippen LogP contribution >= 0.6 is 0 Å². The van der Waals surface area contributed by atoms with E-state index in [1.807, 2.05) is 31.0 Å². The van der Waals surface area contributed by atoms with Gasteiger partial charge in [0.1, 0.15) is 5.82 Å². The summed E-state index contributed by atoms with van der Waals surface area (Å²) in [6, 6.07) is 0. The molecule has 5 nitrogen and oxygen atoms in total. The number of H-pyrrole nitrogens is 1. The van der Waals surface area contributed by atoms with Gasteiger partial charge in [0.15, 0.2) is 0 Å². The Balaban J connectivity index is 1.90. The van der Waals surface area contributed by atoms with Gasteiger partial charge >= 0.3 is 0 Å². The molecule has 3 N–H and O–H groups in total. The standard InChI is InChI=1S/C14H23N5/c1-11-12(10-19(2)18-11)13-9-16-14(17-13)7-5-3-4-6-8-15/h9-10H,3-8,15H2,1-2H3,(H,16,17). The molecular formula is C14H23N5. The number of aryl methyl sites for hydroxylation is 3. The molecule has 0 amide bonds. The second-order valence-electron chi connectivity index (χ2n) is 5.00. The third-order valence-corrected chi connectivity index (χ3v) is 3.30. The Hall–Kier alpha value is -1.62. The molecule has 104 valence electrons. The highest BCUT2D eigenvalue weighted by Gasteiger charge is 2.08. The number of nitrogens with two attached hydrogens (primary N) is 1. The molecule has 0 atom stereocenters. The van der Waals surface area contributed by atoms with Gasteiger partial charge in [0.05, 0.1) is 17.6 Å². The van der Waals surface area contributed by atoms with Crippen molar-refractivity contribution in [3.63, 3.8) is 0 Å². The second-order valence-corrected chi connectivity index (χ2v) is 5.00. The van der Waals surface area contributed by atoms with Crippen molar-refractivity contribution < 1.29 is 0 Å². The number of hydrogen-bond acceptors (Lipinski definition) is 3. The van der Waals surface area contributed by atoms with E-state index in [0.29, 0.717) is 0 Å². The third-order valence-electron chi connectivity index (χ3n) is 3.30. The maximum absolute atomic E-state index is 5.48. The van der Waals surface area contributed by atoms with E-state index in [0.717, 1.165) is 42.2 Å². The highest BCUT2D eigenvalue weighted by Crippen LogP contribution is 2.20. The molecule has 19 heavy (non-hydrogen) atoms. The van der Waals surface area contributed by atoms with Crippen molar-refractivity contribution >= 4 is 0 Å². The van der Waals surface area contributed by atoms with Gasteiger partial charge in [0, 0.05) is 25.2 Å². The van der Waals surface area contributed by atoms with Gasteiger partial charge in [-0.1, -0.05) is 12.8 Å². The SMILES string of the molecule is Cc1nn(C)cc1-c1cnc(CCCCCCN)[nH]1. The Kier molecular flexibility index (Phi) is 4.74. The Morgan fingerprint density at radius 3 is 2.74 bits per heavy atom. The molecule has 0 bridgehead atoms. The summed E-state index contributed by atoms with van der Waals surface area (Å²) in [5, 5.41) is 4.35. The minimum Gasteiger partial charge on any atom is -0.342 e. The van der Waals surface area contributed by atoms with Crippen LogP contribution in [0.3, 0.4) is 0 Å². The fraction of sp³-hybridized carbons (Fsp3) is 0.571. The van der Waals surface area contributed by atoms with Gasteiger partial charge in [-0.15, -0.1) is 0 Å². The van der Waals surface area contributed by atoms with E-state index in [-0.39, 0.29) is 0 Å². The van der Waals surface area contributed by atoms with Crippen LogP contribution in [0.1, 0.15) is 37.2 Å². The maximum atomic E-state index is 5.48. The van der Waals surface area contributed by atoms with Crippen LogP contribution in [0.4, 0.5) is 0 Å². The molecule has 2 aromatic rings. The largest absolute Gasteiger partial charge is 0.342 e. The number of hydrogen-bond donors (Lipinski definition) is 2. The van der Waals surface area contributed by atoms with E-state index in [1.165, 1.54) is 19.3 Å². The molecule has 2 heterocycles. The first-order valence-corrected chi connectivity index (χ1v) is 6.95. The van der Waals surface area contributed by atoms with E-state index in [9.17, 15) is 0 Å². The lowest BCUT2D eigenvalue weighted by molar-refractivity contribution is 0.638. The lowest BCUT2D eigenvalue weighted by Gasteiger charge is -1.98. The second kappa shape index (κ2) is 6.52. The third kappa shape index (κ3) is 3.67. The molecule has 0 aliphatic carbocycles. The van der Waals surface area contributed by atoms with Gasteiger partial charge in [-0.05, 0) is 26.3 Å². The van der Waals surface area contributed by atoms with Crippen LogP contribution in [-0.2, 0) is 13.5 Å². The number of aromatic amines is 1. The van der Waals surface area contributed by atoms with Crippen LogP contribution in [0.5, 0.6) is 0 Å². The maximum Gasteiger partial charge on any atom is 0.106 e. The number of nitrogens with one attached hydrogen (secondary N) is 1. The average Bonchev–Trinajstić information content (AvgIpc) is 2.95. The zero-order valence-corrected chi connectivity index (χ0v) is 11.8. The topological polar surface area (TPSA) is 72.5 Å². The summed E-state index contributed by atoms with van der Waals surface area (Å²) in [5.74, 6) is 1.06. The van der Waals surface area contributed by atoms with Crippen molar-refractivity contribution in [2.75, 3.05) is 6.54 Å². The monoisotopic (exact) mass is 261 g/mol. The molecule has 0 aromatic carbocycles. The summed E-state index contributed by atoms with van der Waals surface area (Å²) in [6.07, 6.45) is 9.65. The molecule has 0 aliphatic rings. The summed E-state index contributed by atoms with van der Waals surface area (Å²) in [6.45, 7) is 2.81. The van der Waals surface area contributed by atoms with E-state index in [2.05, 4.69) is 15.1 Å². The van der Waals surface area contributed by atoms with Crippen LogP contribution < -0.4 is 5.73 Å². The summed E-state index contributed by atoms with van der Waals surface area (Å²) >= 11 is 0. The molecule has 0 saturated carbocycles. The highest BCUT2D eigenvalue weighted by molar-refractivity contribution is 5.60. The average molecular weight is 261 g/mol. The first-order chi connectivity index (χ1) is 9.20. The molecular weight excluding hydrogens is 238 g/mol. The fourth-order valence-electron chi connectivity index (χ4n) is 2.28. The number of aromatic nitrogens is 4. The van der Waals surface area contributed by atoms with Crippen LogP contribution in [0.2, 0.25) is 0 Å². The van der Waals surface area contributed by atoms with Gasteiger partial charge in [-0.3, -0.25) is 4.68 Å². The summed E-state index contributed by atoms with van der Waals surface area (Å²) in [7, 11) is 1.94. The smallest absolute Gasteiger partial charge is 0.106 e. The van der Waals surface area contributed by atoms with Crippen LogP contribution in [0.15, 0.2) is 12.4 Å². The van der Waals surface area contributed by atoms with Crippen LogP contribution in [-0.4, -0.2) is 26.3 Å². The van der Waals surface area contributed by atoms with E-state index in [4.69, 9.17) is 5.73 Å². The predicted octanol–water partition coefficient (Wildman–Crippen LogP) is 2.18. The van der Waals surface area contributed by atoms with Gasteiger partial charge < -0.3 is 10.7 Å². The number of imidazole rings is 1. The molecule has 0 aliphatic heterocycles. The summed E-state index contributed by atoms with van der Waals surface area (Å²) in [4.78, 5) is 7.83. The van der Waals surface area contributed by atoms with Crippen LogP contribution in [0.25, 0.3) is 11.3 Å². The minimum absolute atomic E-state index is 0.797.